The molecule has 0 aliphatic carbocycles. The summed E-state index contributed by atoms with van der Waals surface area (Å²) >= 11 is 0. The summed E-state index contributed by atoms with van der Waals surface area (Å²) in [5, 5.41) is 8.55. The Morgan fingerprint density at radius 3 is 1.10 bits per heavy atom. The summed E-state index contributed by atoms with van der Waals surface area (Å²) in [5.74, 6) is 2.87. The van der Waals surface area contributed by atoms with Crippen molar-refractivity contribution < 1.29 is 63.7 Å². The molecule has 0 heterocycles. The van der Waals surface area contributed by atoms with Gasteiger partial charge in [-0.15, -0.1) is 0 Å². The van der Waals surface area contributed by atoms with Gasteiger partial charge in [-0.2, -0.15) is 0 Å². The summed E-state index contributed by atoms with van der Waals surface area (Å²) in [6, 6.07) is 30.1. The van der Waals surface area contributed by atoms with Crippen molar-refractivity contribution in [1.82, 2.24) is 0 Å². The third-order valence-corrected chi connectivity index (χ3v) is 5.13. The van der Waals surface area contributed by atoms with E-state index in [1.165, 1.54) is 12.7 Å². The van der Waals surface area contributed by atoms with Gasteiger partial charge in [-0.3, -0.25) is 0 Å². The van der Waals surface area contributed by atoms with Crippen LogP contribution in [0.2, 0.25) is 0 Å². The number of benzene rings is 4. The van der Waals surface area contributed by atoms with Crippen molar-refractivity contribution in [2.45, 2.75) is 0 Å². The molecular formula is C30H30Ag2N4O4. The molecule has 4 aromatic rings. The molecule has 0 amide bonds. The molecule has 0 fully saturated rings. The second kappa shape index (κ2) is 19.5. The quantitative estimate of drug-likeness (QED) is 0.0938. The van der Waals surface area contributed by atoms with E-state index in [9.17, 15) is 0 Å². The molecule has 0 saturated heterocycles. The van der Waals surface area contributed by atoms with E-state index in [1.807, 2.05) is 97.1 Å². The molecule has 8 nitrogen and oxygen atoms in total. The van der Waals surface area contributed by atoms with Gasteiger partial charge in [0.25, 0.3) is 0 Å². The van der Waals surface area contributed by atoms with Gasteiger partial charge in [0.2, 0.25) is 0 Å². The van der Waals surface area contributed by atoms with E-state index in [2.05, 4.69) is 20.6 Å². The number of hydrogen-bond donors (Lipinski definition) is 0. The first-order valence-corrected chi connectivity index (χ1v) is 11.7. The van der Waals surface area contributed by atoms with Crippen LogP contribution < -0.4 is 18.9 Å². The summed E-state index contributed by atoms with van der Waals surface area (Å²) in [4.78, 5) is 8.55. The Labute approximate surface area is 266 Å². The standard InChI is InChI=1S/2C15H15N2O2.2Ag/c2*1-18-14-9-5-3-7-12(14)16-11-17-13-8-4-6-10-15(13)19-2;;/h2*3-11H,1-2H3;;/q2*-1;2*+1. The normalized spacial score (nSPS) is 9.90. The molecule has 40 heavy (non-hydrogen) atoms. The number of rotatable bonds is 10. The van der Waals surface area contributed by atoms with Gasteiger partial charge in [0.15, 0.2) is 0 Å². The number of hydrogen-bond acceptors (Lipinski definition) is 6. The molecule has 0 aliphatic heterocycles. The molecule has 4 aromatic carbocycles. The Bertz CT molecular complexity index is 1250. The summed E-state index contributed by atoms with van der Waals surface area (Å²) in [5.41, 5.74) is 2.96. The minimum absolute atomic E-state index is 0. The van der Waals surface area contributed by atoms with Gasteiger partial charge in [0.05, 0.1) is 28.4 Å². The Morgan fingerprint density at radius 1 is 0.450 bits per heavy atom. The SMILES string of the molecule is COc1ccccc1N=C[N-]c1ccccc1OC.COc1ccccc1N=C[N-]c1ccccc1OC.[Ag+].[Ag+]. The van der Waals surface area contributed by atoms with Crippen molar-refractivity contribution in [3.8, 4) is 23.0 Å². The molecule has 0 unspecified atom stereocenters. The molecule has 0 atom stereocenters. The van der Waals surface area contributed by atoms with E-state index < -0.39 is 0 Å². The number of nitrogens with zero attached hydrogens (tertiary/aromatic N) is 4. The number of aliphatic imine (C=N–C) groups is 2. The van der Waals surface area contributed by atoms with Gasteiger partial charge in [0, 0.05) is 22.7 Å². The summed E-state index contributed by atoms with van der Waals surface area (Å²) < 4.78 is 20.9. The Morgan fingerprint density at radius 2 is 0.750 bits per heavy atom. The largest absolute Gasteiger partial charge is 1.00 e. The minimum Gasteiger partial charge on any atom is -0.497 e. The first kappa shape index (κ1) is 34.5. The fourth-order valence-electron chi connectivity index (χ4n) is 3.25. The average molecular weight is 726 g/mol. The van der Waals surface area contributed by atoms with Crippen LogP contribution in [0.25, 0.3) is 10.6 Å². The van der Waals surface area contributed by atoms with Gasteiger partial charge >= 0.3 is 44.8 Å². The molecule has 0 saturated carbocycles. The first-order valence-electron chi connectivity index (χ1n) is 11.7. The van der Waals surface area contributed by atoms with Gasteiger partial charge < -0.3 is 39.6 Å². The van der Waals surface area contributed by atoms with Crippen molar-refractivity contribution in [3.05, 3.63) is 108 Å². The van der Waals surface area contributed by atoms with Crippen molar-refractivity contribution in [2.24, 2.45) is 9.98 Å². The van der Waals surface area contributed by atoms with E-state index in [1.54, 1.807) is 28.4 Å². The fourth-order valence-corrected chi connectivity index (χ4v) is 3.25. The van der Waals surface area contributed by atoms with Crippen molar-refractivity contribution >= 4 is 35.4 Å². The van der Waals surface area contributed by atoms with E-state index in [0.29, 0.717) is 23.0 Å². The molecule has 10 heteroatoms. The van der Waals surface area contributed by atoms with Crippen molar-refractivity contribution in [1.29, 1.82) is 0 Å². The Kier molecular flexibility index (Phi) is 16.9. The molecule has 0 N–H and O–H groups in total. The third kappa shape index (κ3) is 10.6. The number of ether oxygens (including phenoxy) is 4. The van der Waals surface area contributed by atoms with Crippen LogP contribution in [-0.2, 0) is 44.8 Å². The van der Waals surface area contributed by atoms with Gasteiger partial charge in [-0.1, -0.05) is 85.5 Å². The van der Waals surface area contributed by atoms with Crippen LogP contribution in [0.3, 0.4) is 0 Å². The van der Waals surface area contributed by atoms with Gasteiger partial charge in [-0.05, 0) is 24.3 Å². The fraction of sp³-hybridized carbons (Fsp3) is 0.133. The van der Waals surface area contributed by atoms with E-state index >= 15 is 0 Å². The average Bonchev–Trinajstić information content (AvgIpc) is 2.98. The minimum atomic E-state index is 0. The predicted molar refractivity (Wildman–Crippen MR) is 154 cm³/mol. The second-order valence-corrected chi connectivity index (χ2v) is 7.43. The molecule has 0 aliphatic rings. The maximum absolute atomic E-state index is 5.21. The van der Waals surface area contributed by atoms with Crippen LogP contribution in [0.15, 0.2) is 107 Å². The third-order valence-electron chi connectivity index (χ3n) is 5.13. The van der Waals surface area contributed by atoms with Crippen LogP contribution >= 0.6 is 0 Å². The zero-order valence-corrected chi connectivity index (χ0v) is 25.4. The topological polar surface area (TPSA) is 89.8 Å². The van der Waals surface area contributed by atoms with Crippen molar-refractivity contribution in [3.63, 3.8) is 0 Å². The van der Waals surface area contributed by atoms with Crippen LogP contribution in [0.1, 0.15) is 0 Å². The van der Waals surface area contributed by atoms with Crippen LogP contribution in [-0.4, -0.2) is 41.1 Å². The van der Waals surface area contributed by atoms with Crippen LogP contribution in [0, 0.1) is 0 Å². The summed E-state index contributed by atoms with van der Waals surface area (Å²) in [7, 11) is 6.47. The summed E-state index contributed by atoms with van der Waals surface area (Å²) in [6.45, 7) is 0. The molecule has 0 bridgehead atoms. The first-order chi connectivity index (χ1) is 18.7. The zero-order valence-electron chi connectivity index (χ0n) is 22.4. The maximum atomic E-state index is 5.21. The maximum Gasteiger partial charge on any atom is 1.00 e. The molecule has 0 spiro atoms. The monoisotopic (exact) mass is 724 g/mol. The predicted octanol–water partition coefficient (Wildman–Crippen LogP) is 8.13. The van der Waals surface area contributed by atoms with Gasteiger partial charge in [-0.25, -0.2) is 0 Å². The molecule has 0 radical (unpaired) electrons. The van der Waals surface area contributed by atoms with E-state index in [-0.39, 0.29) is 44.8 Å². The molecule has 0 aromatic heterocycles. The Balaban J connectivity index is 0.000000381. The van der Waals surface area contributed by atoms with Gasteiger partial charge in [0.1, 0.15) is 23.0 Å². The smallest absolute Gasteiger partial charge is 0.497 e. The zero-order chi connectivity index (χ0) is 27.0. The summed E-state index contributed by atoms with van der Waals surface area (Å²) in [6.07, 6.45) is 2.99. The Hall–Kier alpha value is -3.50. The molecule has 4 rings (SSSR count). The van der Waals surface area contributed by atoms with Crippen LogP contribution in [0.4, 0.5) is 22.7 Å². The second-order valence-electron chi connectivity index (χ2n) is 7.43. The van der Waals surface area contributed by atoms with Crippen molar-refractivity contribution in [2.75, 3.05) is 28.4 Å². The van der Waals surface area contributed by atoms with E-state index in [0.717, 1.165) is 22.7 Å². The molecule has 216 valence electrons. The molecular weight excluding hydrogens is 696 g/mol. The number of para-hydroxylation sites is 8. The van der Waals surface area contributed by atoms with E-state index in [4.69, 9.17) is 18.9 Å². The number of methoxy groups -OCH3 is 4. The van der Waals surface area contributed by atoms with Crippen LogP contribution in [0.5, 0.6) is 23.0 Å².